The molecular formula is C20H18FN3O3S. The van der Waals surface area contributed by atoms with Crippen molar-refractivity contribution in [1.29, 1.82) is 0 Å². The Balaban J connectivity index is 1.65. The summed E-state index contributed by atoms with van der Waals surface area (Å²) in [6, 6.07) is 12.8. The van der Waals surface area contributed by atoms with Crippen LogP contribution in [0.1, 0.15) is 25.9 Å². The van der Waals surface area contributed by atoms with E-state index in [1.807, 2.05) is 0 Å². The molecule has 2 aromatic carbocycles. The molecule has 0 aliphatic heterocycles. The summed E-state index contributed by atoms with van der Waals surface area (Å²) in [7, 11) is 0. The zero-order chi connectivity index (χ0) is 20.1. The minimum Gasteiger partial charge on any atom is -0.484 e. The van der Waals surface area contributed by atoms with Gasteiger partial charge in [-0.1, -0.05) is 12.1 Å². The molecule has 0 radical (unpaired) electrons. The number of carbonyl (C=O) groups excluding carboxylic acids is 2. The molecular weight excluding hydrogens is 381 g/mol. The first-order valence-corrected chi connectivity index (χ1v) is 9.25. The zero-order valence-electron chi connectivity index (χ0n) is 15.1. The molecule has 6 nitrogen and oxygen atoms in total. The van der Waals surface area contributed by atoms with E-state index in [-0.39, 0.29) is 18.3 Å². The second-order valence-corrected chi connectivity index (χ2v) is 7.14. The molecule has 0 fully saturated rings. The summed E-state index contributed by atoms with van der Waals surface area (Å²) in [6.07, 6.45) is 0.533. The maximum Gasteiger partial charge on any atom is 0.267 e. The minimum atomic E-state index is -0.561. The lowest BCUT2D eigenvalue weighted by Gasteiger charge is -2.06. The smallest absolute Gasteiger partial charge is 0.267 e. The summed E-state index contributed by atoms with van der Waals surface area (Å²) in [5.74, 6) is -0.627. The summed E-state index contributed by atoms with van der Waals surface area (Å²) in [4.78, 5) is 28.3. The molecule has 0 unspecified atom stereocenters. The van der Waals surface area contributed by atoms with Crippen LogP contribution in [-0.2, 0) is 11.2 Å². The lowest BCUT2D eigenvalue weighted by atomic mass is 10.1. The average Bonchev–Trinajstić information content (AvgIpc) is 3.03. The van der Waals surface area contributed by atoms with Gasteiger partial charge in [-0.05, 0) is 48.9 Å². The van der Waals surface area contributed by atoms with Crippen molar-refractivity contribution in [2.24, 2.45) is 5.73 Å². The van der Waals surface area contributed by atoms with Crippen LogP contribution in [0.25, 0.3) is 0 Å². The summed E-state index contributed by atoms with van der Waals surface area (Å²) in [5.41, 5.74) is 7.18. The molecule has 1 heterocycles. The Labute approximate surface area is 165 Å². The number of primary amides is 1. The highest BCUT2D eigenvalue weighted by Crippen LogP contribution is 2.23. The molecule has 0 atom stereocenters. The van der Waals surface area contributed by atoms with Gasteiger partial charge in [-0.3, -0.25) is 9.59 Å². The molecule has 0 bridgehead atoms. The van der Waals surface area contributed by atoms with Crippen LogP contribution in [0.5, 0.6) is 5.75 Å². The van der Waals surface area contributed by atoms with Gasteiger partial charge in [-0.15, -0.1) is 11.3 Å². The normalized spacial score (nSPS) is 10.5. The van der Waals surface area contributed by atoms with E-state index in [1.165, 1.54) is 23.5 Å². The van der Waals surface area contributed by atoms with Crippen molar-refractivity contribution in [3.05, 3.63) is 75.5 Å². The lowest BCUT2D eigenvalue weighted by molar-refractivity contribution is -0.119. The molecule has 0 saturated carbocycles. The van der Waals surface area contributed by atoms with Gasteiger partial charge in [0.2, 0.25) is 0 Å². The van der Waals surface area contributed by atoms with Crippen LogP contribution in [0.4, 0.5) is 10.1 Å². The molecule has 8 heteroatoms. The number of carbonyl (C=O) groups is 2. The van der Waals surface area contributed by atoms with E-state index in [9.17, 15) is 14.0 Å². The fourth-order valence-corrected chi connectivity index (χ4v) is 3.49. The molecule has 0 saturated heterocycles. The number of halogens is 1. The zero-order valence-corrected chi connectivity index (χ0v) is 15.9. The van der Waals surface area contributed by atoms with Gasteiger partial charge in [-0.25, -0.2) is 9.37 Å². The van der Waals surface area contributed by atoms with E-state index < -0.39 is 5.91 Å². The van der Waals surface area contributed by atoms with Crippen LogP contribution in [0.2, 0.25) is 0 Å². The number of nitrogens with zero attached hydrogens (tertiary/aromatic N) is 1. The molecule has 144 valence electrons. The van der Waals surface area contributed by atoms with Crippen molar-refractivity contribution in [2.45, 2.75) is 13.3 Å². The van der Waals surface area contributed by atoms with E-state index in [1.54, 1.807) is 43.3 Å². The highest BCUT2D eigenvalue weighted by molar-refractivity contribution is 7.14. The van der Waals surface area contributed by atoms with E-state index in [2.05, 4.69) is 10.3 Å². The quantitative estimate of drug-likeness (QED) is 0.637. The highest BCUT2D eigenvalue weighted by Gasteiger charge is 2.16. The molecule has 1 aromatic heterocycles. The molecule has 2 amide bonds. The standard InChI is InChI=1S/C20H18FN3O3S/c1-12-19(28-18(23-12)10-13-2-4-14(21)5-3-13)20(26)24-15-6-8-16(9-7-15)27-11-17(22)25/h2-9H,10-11H2,1H3,(H2,22,25)(H,24,26). The number of amides is 2. The summed E-state index contributed by atoms with van der Waals surface area (Å²) in [5, 5.41) is 3.59. The van der Waals surface area contributed by atoms with Crippen LogP contribution in [0, 0.1) is 12.7 Å². The van der Waals surface area contributed by atoms with E-state index in [4.69, 9.17) is 10.5 Å². The Morgan fingerprint density at radius 3 is 2.46 bits per heavy atom. The van der Waals surface area contributed by atoms with Crippen LogP contribution >= 0.6 is 11.3 Å². The number of aromatic nitrogens is 1. The molecule has 0 aliphatic carbocycles. The highest BCUT2D eigenvalue weighted by atomic mass is 32.1. The Bertz CT molecular complexity index is 985. The van der Waals surface area contributed by atoms with Gasteiger partial charge < -0.3 is 15.8 Å². The molecule has 3 N–H and O–H groups in total. The fourth-order valence-electron chi connectivity index (χ4n) is 2.49. The predicted octanol–water partition coefficient (Wildman–Crippen LogP) is 3.30. The summed E-state index contributed by atoms with van der Waals surface area (Å²) >= 11 is 1.31. The van der Waals surface area contributed by atoms with Crippen molar-refractivity contribution in [3.63, 3.8) is 0 Å². The van der Waals surface area contributed by atoms with Gasteiger partial charge in [0.05, 0.1) is 10.7 Å². The molecule has 3 aromatic rings. The van der Waals surface area contributed by atoms with Gasteiger partial charge in [0, 0.05) is 12.1 Å². The van der Waals surface area contributed by atoms with E-state index in [0.29, 0.717) is 28.4 Å². The third-order valence-corrected chi connectivity index (χ3v) is 4.97. The summed E-state index contributed by atoms with van der Waals surface area (Å²) < 4.78 is 18.2. The fraction of sp³-hybridized carbons (Fsp3) is 0.150. The van der Waals surface area contributed by atoms with Crippen LogP contribution < -0.4 is 15.8 Å². The Kier molecular flexibility index (Phi) is 6.00. The van der Waals surface area contributed by atoms with E-state index in [0.717, 1.165) is 10.6 Å². The van der Waals surface area contributed by atoms with Gasteiger partial charge in [-0.2, -0.15) is 0 Å². The molecule has 28 heavy (non-hydrogen) atoms. The number of benzene rings is 2. The van der Waals surface area contributed by atoms with Crippen LogP contribution in [0.15, 0.2) is 48.5 Å². The molecule has 3 rings (SSSR count). The number of nitrogens with two attached hydrogens (primary N) is 1. The molecule has 0 spiro atoms. The number of hydrogen-bond donors (Lipinski definition) is 2. The van der Waals surface area contributed by atoms with Crippen molar-refractivity contribution >= 4 is 28.8 Å². The summed E-state index contributed by atoms with van der Waals surface area (Å²) in [6.45, 7) is 1.57. The number of hydrogen-bond acceptors (Lipinski definition) is 5. The third-order valence-electron chi connectivity index (χ3n) is 3.81. The van der Waals surface area contributed by atoms with E-state index >= 15 is 0 Å². The topological polar surface area (TPSA) is 94.3 Å². The van der Waals surface area contributed by atoms with Crippen LogP contribution in [-0.4, -0.2) is 23.4 Å². The second kappa shape index (κ2) is 8.62. The van der Waals surface area contributed by atoms with Gasteiger partial charge >= 0.3 is 0 Å². The number of thiazole rings is 1. The largest absolute Gasteiger partial charge is 0.484 e. The average molecular weight is 399 g/mol. The van der Waals surface area contributed by atoms with Crippen molar-refractivity contribution in [3.8, 4) is 5.75 Å². The maximum atomic E-state index is 13.0. The van der Waals surface area contributed by atoms with Crippen molar-refractivity contribution in [1.82, 2.24) is 4.98 Å². The maximum absolute atomic E-state index is 13.0. The first kappa shape index (κ1) is 19.5. The lowest BCUT2D eigenvalue weighted by Crippen LogP contribution is -2.20. The Hall–Kier alpha value is -3.26. The van der Waals surface area contributed by atoms with Crippen LogP contribution in [0.3, 0.4) is 0 Å². The van der Waals surface area contributed by atoms with Gasteiger partial charge in [0.1, 0.15) is 16.4 Å². The number of nitrogens with one attached hydrogen (secondary N) is 1. The first-order chi connectivity index (χ1) is 13.4. The van der Waals surface area contributed by atoms with Crippen molar-refractivity contribution < 1.29 is 18.7 Å². The number of rotatable bonds is 7. The predicted molar refractivity (Wildman–Crippen MR) is 105 cm³/mol. The second-order valence-electron chi connectivity index (χ2n) is 6.06. The minimum absolute atomic E-state index is 0.206. The SMILES string of the molecule is Cc1nc(Cc2ccc(F)cc2)sc1C(=O)Nc1ccc(OCC(N)=O)cc1. The number of anilines is 1. The number of aryl methyl sites for hydroxylation is 1. The Morgan fingerprint density at radius 1 is 1.14 bits per heavy atom. The molecule has 0 aliphatic rings. The third kappa shape index (κ3) is 5.14. The monoisotopic (exact) mass is 399 g/mol. The number of ether oxygens (including phenoxy) is 1. The van der Waals surface area contributed by atoms with Crippen molar-refractivity contribution in [2.75, 3.05) is 11.9 Å². The van der Waals surface area contributed by atoms with Gasteiger partial charge in [0.15, 0.2) is 6.61 Å². The van der Waals surface area contributed by atoms with Gasteiger partial charge in [0.25, 0.3) is 11.8 Å². The first-order valence-electron chi connectivity index (χ1n) is 8.44. The Morgan fingerprint density at radius 2 is 1.82 bits per heavy atom.